The molecule has 0 aliphatic carbocycles. The molecule has 1 heterocycles. The van der Waals surface area contributed by atoms with Crippen molar-refractivity contribution in [2.45, 2.75) is 44.3 Å². The monoisotopic (exact) mass is 384 g/mol. The molecule has 3 rings (SSSR count). The van der Waals surface area contributed by atoms with Gasteiger partial charge in [0.15, 0.2) is 0 Å². The van der Waals surface area contributed by atoms with Crippen LogP contribution in [0.2, 0.25) is 0 Å². The summed E-state index contributed by atoms with van der Waals surface area (Å²) in [6.45, 7) is 2.55. The maximum Gasteiger partial charge on any atom is 0.111 e. The van der Waals surface area contributed by atoms with E-state index in [0.29, 0.717) is 12.2 Å². The maximum atomic E-state index is 10.2. The van der Waals surface area contributed by atoms with Crippen molar-refractivity contribution in [1.29, 1.82) is 0 Å². The number of aryl methyl sites for hydroxylation is 1. The van der Waals surface area contributed by atoms with Gasteiger partial charge in [0.25, 0.3) is 0 Å². The lowest BCUT2D eigenvalue weighted by Crippen LogP contribution is -2.44. The summed E-state index contributed by atoms with van der Waals surface area (Å²) >= 11 is 0. The Bertz CT molecular complexity index is 806. The third-order valence-corrected chi connectivity index (χ3v) is 4.97. The van der Waals surface area contributed by atoms with Crippen molar-refractivity contribution in [3.8, 4) is 0 Å². The molecule has 0 saturated carbocycles. The number of rotatable bonds is 6. The van der Waals surface area contributed by atoms with E-state index in [1.54, 1.807) is 6.20 Å². The molecule has 6 nitrogen and oxygen atoms in total. The molecule has 0 aromatic heterocycles. The summed E-state index contributed by atoms with van der Waals surface area (Å²) in [5.74, 6) is 0. The summed E-state index contributed by atoms with van der Waals surface area (Å²) in [4.78, 5) is 0. The number of benzene rings is 2. The first-order valence-electron chi connectivity index (χ1n) is 9.45. The average molecular weight is 384 g/mol. The first-order chi connectivity index (χ1) is 13.5. The molecule has 2 aromatic rings. The van der Waals surface area contributed by atoms with Crippen LogP contribution >= 0.6 is 0 Å². The number of nitrogens with two attached hydrogens (primary N) is 1. The van der Waals surface area contributed by atoms with Gasteiger partial charge in [-0.1, -0.05) is 54.1 Å². The Hall–Kier alpha value is -2.38. The van der Waals surface area contributed by atoms with E-state index in [1.165, 1.54) is 11.1 Å². The van der Waals surface area contributed by atoms with Gasteiger partial charge in [-0.2, -0.15) is 0 Å². The van der Waals surface area contributed by atoms with Crippen LogP contribution in [-0.4, -0.2) is 40.2 Å². The molecular weight excluding hydrogens is 356 g/mol. The van der Waals surface area contributed by atoms with Crippen molar-refractivity contribution in [3.63, 3.8) is 0 Å². The summed E-state index contributed by atoms with van der Waals surface area (Å²) in [6, 6.07) is 15.6. The van der Waals surface area contributed by atoms with Gasteiger partial charge in [0.1, 0.15) is 12.2 Å². The van der Waals surface area contributed by atoms with Crippen LogP contribution in [-0.2, 0) is 11.3 Å². The Morgan fingerprint density at radius 3 is 2.64 bits per heavy atom. The molecule has 28 heavy (non-hydrogen) atoms. The Morgan fingerprint density at radius 2 is 1.96 bits per heavy atom. The van der Waals surface area contributed by atoms with Crippen LogP contribution in [0, 0.1) is 6.92 Å². The van der Waals surface area contributed by atoms with Crippen LogP contribution in [0.15, 0.2) is 54.7 Å². The largest absolute Gasteiger partial charge is 0.397 e. The second-order valence-electron chi connectivity index (χ2n) is 7.25. The fourth-order valence-electron chi connectivity index (χ4n) is 3.40. The number of hydrogen-bond acceptors (Lipinski definition) is 6. The van der Waals surface area contributed by atoms with Crippen LogP contribution < -0.4 is 11.1 Å². The van der Waals surface area contributed by atoms with E-state index in [2.05, 4.69) is 30.4 Å². The minimum Gasteiger partial charge on any atom is -0.397 e. The van der Waals surface area contributed by atoms with E-state index < -0.39 is 24.4 Å². The van der Waals surface area contributed by atoms with Gasteiger partial charge in [-0.25, -0.2) is 0 Å². The lowest BCUT2D eigenvalue weighted by Gasteiger charge is -2.36. The van der Waals surface area contributed by atoms with Crippen molar-refractivity contribution >= 4 is 5.70 Å². The van der Waals surface area contributed by atoms with Crippen LogP contribution in [0.3, 0.4) is 0 Å². The predicted octanol–water partition coefficient (Wildman–Crippen LogP) is 1.59. The van der Waals surface area contributed by atoms with E-state index in [9.17, 15) is 15.3 Å². The number of aliphatic hydroxyl groups is 3. The molecule has 150 valence electrons. The van der Waals surface area contributed by atoms with Crippen molar-refractivity contribution < 1.29 is 20.1 Å². The van der Waals surface area contributed by atoms with Crippen molar-refractivity contribution in [2.24, 2.45) is 5.73 Å². The van der Waals surface area contributed by atoms with Crippen LogP contribution in [0.1, 0.15) is 34.8 Å². The standard InChI is InChI=1S/C22H28N2O4/c1-14-3-2-4-15(9-14)11-24-12-19(23)16-5-7-17(8-6-16)22-21(27)20(26)10-18(13-25)28-22/h2-9,12,18,20-22,24-27H,10-11,13,23H2,1H3/b19-12-/t18?,20?,21?,22-/m1/s1. The normalized spacial score (nSPS) is 25.5. The van der Waals surface area contributed by atoms with E-state index in [-0.39, 0.29) is 13.0 Å². The quantitative estimate of drug-likeness (QED) is 0.518. The van der Waals surface area contributed by atoms with Crippen molar-refractivity contribution in [2.75, 3.05) is 6.61 Å². The Kier molecular flexibility index (Phi) is 6.70. The molecule has 0 amide bonds. The van der Waals surface area contributed by atoms with Crippen molar-refractivity contribution in [3.05, 3.63) is 77.0 Å². The highest BCUT2D eigenvalue weighted by Crippen LogP contribution is 2.32. The first kappa shape index (κ1) is 20.4. The van der Waals surface area contributed by atoms with Gasteiger partial charge < -0.3 is 31.1 Å². The molecule has 6 N–H and O–H groups in total. The zero-order valence-electron chi connectivity index (χ0n) is 16.0. The SMILES string of the molecule is Cc1cccc(CN/C=C(\N)c2ccc([C@H]3OC(CO)CC(O)C3O)cc2)c1. The molecular formula is C22H28N2O4. The van der Waals surface area contributed by atoms with E-state index in [0.717, 1.165) is 11.1 Å². The van der Waals surface area contributed by atoms with Crippen LogP contribution in [0.4, 0.5) is 0 Å². The smallest absolute Gasteiger partial charge is 0.111 e. The lowest BCUT2D eigenvalue weighted by molar-refractivity contribution is -0.179. The van der Waals surface area contributed by atoms with Crippen LogP contribution in [0.5, 0.6) is 0 Å². The molecule has 0 bridgehead atoms. The van der Waals surface area contributed by atoms with E-state index in [1.807, 2.05) is 30.3 Å². The van der Waals surface area contributed by atoms with Gasteiger partial charge in [0, 0.05) is 19.2 Å². The van der Waals surface area contributed by atoms with Gasteiger partial charge in [-0.15, -0.1) is 0 Å². The van der Waals surface area contributed by atoms with E-state index in [4.69, 9.17) is 10.5 Å². The molecule has 6 heteroatoms. The molecule has 1 aliphatic rings. The highest BCUT2D eigenvalue weighted by Gasteiger charge is 2.37. The minimum absolute atomic E-state index is 0.194. The average Bonchev–Trinajstić information content (AvgIpc) is 2.70. The summed E-state index contributed by atoms with van der Waals surface area (Å²) in [5.41, 5.74) is 10.7. The molecule has 2 aromatic carbocycles. The molecule has 3 unspecified atom stereocenters. The lowest BCUT2D eigenvalue weighted by atomic mass is 9.93. The first-order valence-corrected chi connectivity index (χ1v) is 9.45. The molecule has 1 saturated heterocycles. The highest BCUT2D eigenvalue weighted by atomic mass is 16.5. The minimum atomic E-state index is -1.03. The number of nitrogens with one attached hydrogen (secondary N) is 1. The zero-order chi connectivity index (χ0) is 20.1. The third-order valence-electron chi connectivity index (χ3n) is 4.97. The zero-order valence-corrected chi connectivity index (χ0v) is 16.0. The summed E-state index contributed by atoms with van der Waals surface area (Å²) in [5, 5.41) is 32.7. The molecule has 1 fully saturated rings. The molecule has 4 atom stereocenters. The number of aliphatic hydroxyl groups excluding tert-OH is 3. The summed E-state index contributed by atoms with van der Waals surface area (Å²) < 4.78 is 5.71. The number of ether oxygens (including phenoxy) is 1. The predicted molar refractivity (Wildman–Crippen MR) is 108 cm³/mol. The van der Waals surface area contributed by atoms with Gasteiger partial charge >= 0.3 is 0 Å². The third kappa shape index (κ3) is 4.91. The van der Waals surface area contributed by atoms with Gasteiger partial charge in [0.2, 0.25) is 0 Å². The molecule has 0 spiro atoms. The summed E-state index contributed by atoms with van der Waals surface area (Å²) in [7, 11) is 0. The van der Waals surface area contributed by atoms with Gasteiger partial charge in [0.05, 0.1) is 24.5 Å². The van der Waals surface area contributed by atoms with Gasteiger partial charge in [-0.3, -0.25) is 0 Å². The molecule has 0 radical (unpaired) electrons. The molecule has 1 aliphatic heterocycles. The second-order valence-corrected chi connectivity index (χ2v) is 7.25. The topological polar surface area (TPSA) is 108 Å². The Labute approximate surface area is 165 Å². The highest BCUT2D eigenvalue weighted by molar-refractivity contribution is 5.62. The number of hydrogen-bond donors (Lipinski definition) is 5. The Balaban J connectivity index is 1.64. The van der Waals surface area contributed by atoms with Crippen molar-refractivity contribution in [1.82, 2.24) is 5.32 Å². The fourth-order valence-corrected chi connectivity index (χ4v) is 3.40. The van der Waals surface area contributed by atoms with E-state index >= 15 is 0 Å². The van der Waals surface area contributed by atoms with Gasteiger partial charge in [-0.05, 0) is 23.6 Å². The fraction of sp³-hybridized carbons (Fsp3) is 0.364. The van der Waals surface area contributed by atoms with Crippen LogP contribution in [0.25, 0.3) is 5.70 Å². The Morgan fingerprint density at radius 1 is 1.21 bits per heavy atom. The second kappa shape index (κ2) is 9.21. The summed E-state index contributed by atoms with van der Waals surface area (Å²) in [6.07, 6.45) is -1.13. The maximum absolute atomic E-state index is 10.2.